The highest BCUT2D eigenvalue weighted by Crippen LogP contribution is 2.25. The van der Waals surface area contributed by atoms with Crippen LogP contribution in [0.4, 0.5) is 26.7 Å². The van der Waals surface area contributed by atoms with Crippen LogP contribution in [-0.2, 0) is 35.1 Å². The zero-order chi connectivity index (χ0) is 34.4. The van der Waals surface area contributed by atoms with E-state index < -0.39 is 54.0 Å². The third-order valence-corrected chi connectivity index (χ3v) is 6.23. The average molecular weight is 638 g/mol. The molecule has 3 rings (SSSR count). The van der Waals surface area contributed by atoms with E-state index in [1.807, 2.05) is 6.07 Å². The molecule has 46 heavy (non-hydrogen) atoms. The molecule has 0 bridgehead atoms. The van der Waals surface area contributed by atoms with Crippen LogP contribution in [0.25, 0.3) is 0 Å². The number of morpholine rings is 1. The minimum absolute atomic E-state index is 0.0420. The summed E-state index contributed by atoms with van der Waals surface area (Å²) in [6.07, 6.45) is -5.43. The second kappa shape index (κ2) is 14.4. The molecular weight excluding hydrogens is 598 g/mol. The molecule has 14 nitrogen and oxygen atoms in total. The molecule has 0 aliphatic carbocycles. The second-order valence-electron chi connectivity index (χ2n) is 12.5. The standard InChI is InChI=1S/C32H39N5O9/c1-19(38)34-22-10-12-24(13-11-22)36-14-15-44-26(28(36)41)25(39)27(40)35-23-9-8-20(17-33)21(16-23)18-37(29(42)45-31(2,3)4)30(43)46-32(5,6)7/h8-13,16,25-26,39H,14-15,18H2,1-7H3,(H,34,38)(H,35,40)/t25-,26-/m1/s1. The van der Waals surface area contributed by atoms with E-state index in [0.717, 1.165) is 0 Å². The van der Waals surface area contributed by atoms with Crippen LogP contribution in [0.5, 0.6) is 0 Å². The number of nitriles is 1. The van der Waals surface area contributed by atoms with Crippen molar-refractivity contribution < 1.29 is 43.3 Å². The molecule has 1 aliphatic rings. The van der Waals surface area contributed by atoms with Crippen LogP contribution in [0.1, 0.15) is 59.6 Å². The Bertz CT molecular complexity index is 1490. The van der Waals surface area contributed by atoms with E-state index in [1.165, 1.54) is 30.0 Å². The molecule has 1 fully saturated rings. The Kier molecular flexibility index (Phi) is 11.1. The number of benzene rings is 2. The lowest BCUT2D eigenvalue weighted by Crippen LogP contribution is -2.55. The van der Waals surface area contributed by atoms with E-state index in [2.05, 4.69) is 10.6 Å². The van der Waals surface area contributed by atoms with Gasteiger partial charge in [-0.05, 0) is 89.6 Å². The summed E-state index contributed by atoms with van der Waals surface area (Å²) in [5.74, 6) is -1.86. The third-order valence-electron chi connectivity index (χ3n) is 6.23. The van der Waals surface area contributed by atoms with Gasteiger partial charge in [-0.15, -0.1) is 0 Å². The summed E-state index contributed by atoms with van der Waals surface area (Å²) in [4.78, 5) is 65.7. The number of carbonyl (C=O) groups excluding carboxylic acids is 5. The Hall–Kier alpha value is -5.00. The molecule has 3 N–H and O–H groups in total. The minimum atomic E-state index is -1.91. The maximum atomic E-state index is 13.2. The van der Waals surface area contributed by atoms with Crippen molar-refractivity contribution in [3.63, 3.8) is 0 Å². The van der Waals surface area contributed by atoms with Crippen LogP contribution in [0, 0.1) is 11.3 Å². The number of nitrogens with zero attached hydrogens (tertiary/aromatic N) is 3. The van der Waals surface area contributed by atoms with Gasteiger partial charge in [0, 0.05) is 30.5 Å². The molecule has 0 saturated carbocycles. The van der Waals surface area contributed by atoms with Gasteiger partial charge in [0.05, 0.1) is 24.8 Å². The Morgan fingerprint density at radius 3 is 2.09 bits per heavy atom. The Morgan fingerprint density at radius 1 is 1.00 bits per heavy atom. The van der Waals surface area contributed by atoms with Crippen LogP contribution in [0.3, 0.4) is 0 Å². The van der Waals surface area contributed by atoms with Crippen molar-refractivity contribution in [2.24, 2.45) is 0 Å². The van der Waals surface area contributed by atoms with Gasteiger partial charge < -0.3 is 34.9 Å². The summed E-state index contributed by atoms with van der Waals surface area (Å²) >= 11 is 0. The number of hydrogen-bond donors (Lipinski definition) is 3. The molecule has 2 atom stereocenters. The average Bonchev–Trinajstić information content (AvgIpc) is 2.94. The van der Waals surface area contributed by atoms with Crippen LogP contribution < -0.4 is 15.5 Å². The Labute approximate surface area is 267 Å². The first-order chi connectivity index (χ1) is 21.4. The second-order valence-corrected chi connectivity index (χ2v) is 12.5. The predicted molar refractivity (Wildman–Crippen MR) is 167 cm³/mol. The van der Waals surface area contributed by atoms with Crippen molar-refractivity contribution in [2.75, 3.05) is 28.7 Å². The van der Waals surface area contributed by atoms with Gasteiger partial charge in [-0.25, -0.2) is 14.5 Å². The first-order valence-electron chi connectivity index (χ1n) is 14.4. The smallest absolute Gasteiger partial charge is 0.420 e. The van der Waals surface area contributed by atoms with Crippen LogP contribution in [-0.4, -0.2) is 76.5 Å². The number of hydrogen-bond acceptors (Lipinski definition) is 10. The van der Waals surface area contributed by atoms with E-state index >= 15 is 0 Å². The summed E-state index contributed by atoms with van der Waals surface area (Å²) in [7, 11) is 0. The molecule has 1 aliphatic heterocycles. The maximum absolute atomic E-state index is 13.2. The molecule has 14 heteroatoms. The van der Waals surface area contributed by atoms with Crippen molar-refractivity contribution in [1.29, 1.82) is 5.26 Å². The lowest BCUT2D eigenvalue weighted by Gasteiger charge is -2.34. The van der Waals surface area contributed by atoms with Gasteiger partial charge in [0.25, 0.3) is 11.8 Å². The molecule has 1 saturated heterocycles. The zero-order valence-electron chi connectivity index (χ0n) is 26.9. The van der Waals surface area contributed by atoms with Crippen LogP contribution in [0.2, 0.25) is 0 Å². The maximum Gasteiger partial charge on any atom is 0.420 e. The monoisotopic (exact) mass is 637 g/mol. The molecule has 246 valence electrons. The SMILES string of the molecule is CC(=O)Nc1ccc(N2CCO[C@H]([C@@H](O)C(=O)Nc3ccc(C#N)c(CN(C(=O)OC(C)(C)C)C(=O)OC(C)(C)C)c3)C2=O)cc1. The molecule has 2 aromatic rings. The number of aliphatic hydroxyl groups excluding tert-OH is 1. The van der Waals surface area contributed by atoms with E-state index in [0.29, 0.717) is 16.3 Å². The minimum Gasteiger partial charge on any atom is -0.443 e. The topological polar surface area (TPSA) is 188 Å². The van der Waals surface area contributed by atoms with Gasteiger partial charge in [0.1, 0.15) is 11.2 Å². The van der Waals surface area contributed by atoms with E-state index in [-0.39, 0.29) is 35.9 Å². The van der Waals surface area contributed by atoms with E-state index in [1.54, 1.807) is 65.8 Å². The van der Waals surface area contributed by atoms with Crippen molar-refractivity contribution in [1.82, 2.24) is 4.90 Å². The summed E-state index contributed by atoms with van der Waals surface area (Å²) in [5.41, 5.74) is -0.476. The summed E-state index contributed by atoms with van der Waals surface area (Å²) in [6.45, 7) is 10.9. The molecule has 2 aromatic carbocycles. The number of nitrogens with one attached hydrogen (secondary N) is 2. The zero-order valence-corrected chi connectivity index (χ0v) is 26.9. The quantitative estimate of drug-likeness (QED) is 0.401. The van der Waals surface area contributed by atoms with E-state index in [4.69, 9.17) is 14.2 Å². The molecule has 5 amide bonds. The number of anilines is 3. The van der Waals surface area contributed by atoms with Gasteiger partial charge in [0.15, 0.2) is 12.2 Å². The number of imide groups is 1. The first kappa shape index (κ1) is 35.5. The predicted octanol–water partition coefficient (Wildman–Crippen LogP) is 3.92. The molecule has 0 unspecified atom stereocenters. The Morgan fingerprint density at radius 2 is 1.57 bits per heavy atom. The summed E-state index contributed by atoms with van der Waals surface area (Å²) in [5, 5.41) is 25.7. The van der Waals surface area contributed by atoms with Gasteiger partial charge >= 0.3 is 12.2 Å². The molecule has 1 heterocycles. The highest BCUT2D eigenvalue weighted by atomic mass is 16.6. The van der Waals surface area contributed by atoms with E-state index in [9.17, 15) is 34.3 Å². The summed E-state index contributed by atoms with van der Waals surface area (Å²) < 4.78 is 16.2. The number of ether oxygens (including phenoxy) is 3. The number of aliphatic hydroxyl groups is 1. The van der Waals surface area contributed by atoms with Crippen LogP contribution in [0.15, 0.2) is 42.5 Å². The van der Waals surface area contributed by atoms with Gasteiger partial charge in [-0.1, -0.05) is 0 Å². The fourth-order valence-electron chi connectivity index (χ4n) is 4.29. The van der Waals surface area contributed by atoms with Crippen molar-refractivity contribution in [2.45, 2.75) is 78.4 Å². The largest absolute Gasteiger partial charge is 0.443 e. The molecular formula is C32H39N5O9. The van der Waals surface area contributed by atoms with Gasteiger partial charge in [-0.3, -0.25) is 14.4 Å². The van der Waals surface area contributed by atoms with Crippen LogP contribution >= 0.6 is 0 Å². The third kappa shape index (κ3) is 9.75. The number of carbonyl (C=O) groups is 5. The number of rotatable bonds is 7. The molecule has 0 aromatic heterocycles. The highest BCUT2D eigenvalue weighted by molar-refractivity contribution is 6.04. The van der Waals surface area contributed by atoms with Crippen molar-refractivity contribution in [3.05, 3.63) is 53.6 Å². The molecule has 0 radical (unpaired) electrons. The van der Waals surface area contributed by atoms with Crippen molar-refractivity contribution >= 4 is 47.0 Å². The highest BCUT2D eigenvalue weighted by Gasteiger charge is 2.39. The number of amides is 5. The fraction of sp³-hybridized carbons (Fsp3) is 0.438. The lowest BCUT2D eigenvalue weighted by atomic mass is 10.1. The lowest BCUT2D eigenvalue weighted by molar-refractivity contribution is -0.150. The Balaban J connectivity index is 1.79. The normalized spacial score (nSPS) is 15.7. The van der Waals surface area contributed by atoms with Gasteiger partial charge in [-0.2, -0.15) is 5.26 Å². The first-order valence-corrected chi connectivity index (χ1v) is 14.4. The van der Waals surface area contributed by atoms with Crippen molar-refractivity contribution in [3.8, 4) is 6.07 Å². The fourth-order valence-corrected chi connectivity index (χ4v) is 4.29. The van der Waals surface area contributed by atoms with Gasteiger partial charge in [0.2, 0.25) is 5.91 Å². The molecule has 0 spiro atoms. The summed E-state index contributed by atoms with van der Waals surface area (Å²) in [6, 6.07) is 12.6.